The van der Waals surface area contributed by atoms with Crippen LogP contribution in [-0.4, -0.2) is 11.1 Å². The van der Waals surface area contributed by atoms with Gasteiger partial charge >= 0.3 is 0 Å². The van der Waals surface area contributed by atoms with E-state index in [2.05, 4.69) is 11.9 Å². The topological polar surface area (TPSA) is 22.1 Å². The van der Waals surface area contributed by atoms with Crippen molar-refractivity contribution in [1.29, 1.82) is 0 Å². The molecule has 0 aliphatic heterocycles. The lowest BCUT2D eigenvalue weighted by molar-refractivity contribution is 0.0636. The minimum absolute atomic E-state index is 0.271. The van der Waals surface area contributed by atoms with Crippen LogP contribution in [0.5, 0.6) is 0 Å². The monoisotopic (exact) mass is 165 g/mol. The Balaban J connectivity index is 2.52. The van der Waals surface area contributed by atoms with Gasteiger partial charge in [0.25, 0.3) is 0 Å². The van der Waals surface area contributed by atoms with Crippen LogP contribution in [0.3, 0.4) is 0 Å². The largest absolute Gasteiger partial charge is 0.373 e. The lowest BCUT2D eigenvalue weighted by atomic mass is 10.2. The van der Waals surface area contributed by atoms with Crippen molar-refractivity contribution < 1.29 is 4.74 Å². The minimum atomic E-state index is 0.271. The highest BCUT2D eigenvalue weighted by Crippen LogP contribution is 2.02. The van der Waals surface area contributed by atoms with Gasteiger partial charge in [0.1, 0.15) is 0 Å². The number of hydrogen-bond acceptors (Lipinski definition) is 2. The third-order valence-corrected chi connectivity index (χ3v) is 1.54. The van der Waals surface area contributed by atoms with Crippen molar-refractivity contribution in [3.63, 3.8) is 0 Å². The van der Waals surface area contributed by atoms with E-state index in [0.29, 0.717) is 6.61 Å². The first-order valence-electron chi connectivity index (χ1n) is 4.21. The zero-order valence-corrected chi connectivity index (χ0v) is 7.87. The number of nitrogens with zero attached hydrogens (tertiary/aromatic N) is 1. The molecule has 0 saturated heterocycles. The highest BCUT2D eigenvalue weighted by atomic mass is 16.5. The Labute approximate surface area is 73.6 Å². The molecule has 0 spiro atoms. The first kappa shape index (κ1) is 9.20. The molecular formula is C10H15NO. The van der Waals surface area contributed by atoms with Gasteiger partial charge in [-0.1, -0.05) is 0 Å². The van der Waals surface area contributed by atoms with Gasteiger partial charge in [-0.05, 0) is 38.5 Å². The van der Waals surface area contributed by atoms with Crippen LogP contribution in [0.4, 0.5) is 0 Å². The highest BCUT2D eigenvalue weighted by Gasteiger charge is 1.96. The summed E-state index contributed by atoms with van der Waals surface area (Å²) in [5.74, 6) is 0. The predicted octanol–water partition coefficient (Wildman–Crippen LogP) is 2.32. The molecule has 0 bridgehead atoms. The Morgan fingerprint density at radius 2 is 2.25 bits per heavy atom. The summed E-state index contributed by atoms with van der Waals surface area (Å²) in [5.41, 5.74) is 2.23. The summed E-state index contributed by atoms with van der Waals surface area (Å²) >= 11 is 0. The van der Waals surface area contributed by atoms with E-state index in [0.717, 1.165) is 5.69 Å². The van der Waals surface area contributed by atoms with Crippen molar-refractivity contribution in [1.82, 2.24) is 4.98 Å². The molecule has 1 heterocycles. The SMILES string of the molecule is Cc1ccnc(COC(C)C)c1. The zero-order chi connectivity index (χ0) is 8.97. The van der Waals surface area contributed by atoms with Gasteiger partial charge in [0.05, 0.1) is 18.4 Å². The van der Waals surface area contributed by atoms with Crippen molar-refractivity contribution in [2.75, 3.05) is 0 Å². The summed E-state index contributed by atoms with van der Waals surface area (Å²) in [6.45, 7) is 6.71. The van der Waals surface area contributed by atoms with Gasteiger partial charge in [0.15, 0.2) is 0 Å². The lowest BCUT2D eigenvalue weighted by Gasteiger charge is -2.06. The van der Waals surface area contributed by atoms with E-state index in [1.807, 2.05) is 32.2 Å². The molecule has 2 heteroatoms. The van der Waals surface area contributed by atoms with Crippen LogP contribution in [0.25, 0.3) is 0 Å². The molecule has 0 amide bonds. The molecule has 0 saturated carbocycles. The number of aryl methyl sites for hydroxylation is 1. The van der Waals surface area contributed by atoms with Crippen molar-refractivity contribution >= 4 is 0 Å². The van der Waals surface area contributed by atoms with Crippen LogP contribution in [0, 0.1) is 6.92 Å². The predicted molar refractivity (Wildman–Crippen MR) is 48.9 cm³/mol. The summed E-state index contributed by atoms with van der Waals surface area (Å²) in [4.78, 5) is 4.19. The molecule has 0 aliphatic carbocycles. The summed E-state index contributed by atoms with van der Waals surface area (Å²) in [5, 5.41) is 0. The van der Waals surface area contributed by atoms with E-state index < -0.39 is 0 Å². The number of pyridine rings is 1. The van der Waals surface area contributed by atoms with Gasteiger partial charge in [-0.15, -0.1) is 0 Å². The molecule has 1 aromatic rings. The molecule has 12 heavy (non-hydrogen) atoms. The van der Waals surface area contributed by atoms with Gasteiger partial charge in [-0.3, -0.25) is 4.98 Å². The number of rotatable bonds is 3. The average molecular weight is 165 g/mol. The van der Waals surface area contributed by atoms with Crippen LogP contribution in [-0.2, 0) is 11.3 Å². The molecule has 0 aromatic carbocycles. The standard InChI is InChI=1S/C10H15NO/c1-8(2)12-7-10-6-9(3)4-5-11-10/h4-6,8H,7H2,1-3H3. The van der Waals surface area contributed by atoms with Crippen LogP contribution in [0.2, 0.25) is 0 Å². The maximum atomic E-state index is 5.42. The second-order valence-electron chi connectivity index (χ2n) is 3.18. The third-order valence-electron chi connectivity index (χ3n) is 1.54. The maximum absolute atomic E-state index is 5.42. The van der Waals surface area contributed by atoms with E-state index in [1.165, 1.54) is 5.56 Å². The first-order valence-corrected chi connectivity index (χ1v) is 4.21. The average Bonchev–Trinajstić information content (AvgIpc) is 2.01. The van der Waals surface area contributed by atoms with Gasteiger partial charge in [0, 0.05) is 6.20 Å². The molecule has 1 rings (SSSR count). The Morgan fingerprint density at radius 1 is 1.50 bits per heavy atom. The molecule has 0 unspecified atom stereocenters. The third kappa shape index (κ3) is 3.01. The molecule has 0 fully saturated rings. The number of ether oxygens (including phenoxy) is 1. The maximum Gasteiger partial charge on any atom is 0.0891 e. The Bertz CT molecular complexity index is 245. The fourth-order valence-corrected chi connectivity index (χ4v) is 0.930. The molecule has 0 atom stereocenters. The second-order valence-corrected chi connectivity index (χ2v) is 3.18. The molecule has 1 aromatic heterocycles. The molecule has 0 aliphatic rings. The van der Waals surface area contributed by atoms with E-state index in [-0.39, 0.29) is 6.10 Å². The van der Waals surface area contributed by atoms with Gasteiger partial charge in [0.2, 0.25) is 0 Å². The summed E-state index contributed by atoms with van der Waals surface area (Å²) in [6, 6.07) is 4.03. The summed E-state index contributed by atoms with van der Waals surface area (Å²) in [6.07, 6.45) is 2.08. The second kappa shape index (κ2) is 4.21. The van der Waals surface area contributed by atoms with Crippen molar-refractivity contribution in [3.05, 3.63) is 29.6 Å². The van der Waals surface area contributed by atoms with Crippen LogP contribution in [0.15, 0.2) is 18.3 Å². The fourth-order valence-electron chi connectivity index (χ4n) is 0.930. The molecular weight excluding hydrogens is 150 g/mol. The Hall–Kier alpha value is -0.890. The molecule has 0 radical (unpaired) electrons. The van der Waals surface area contributed by atoms with Crippen LogP contribution >= 0.6 is 0 Å². The molecule has 0 N–H and O–H groups in total. The van der Waals surface area contributed by atoms with E-state index in [4.69, 9.17) is 4.74 Å². The Morgan fingerprint density at radius 3 is 2.83 bits per heavy atom. The van der Waals surface area contributed by atoms with Crippen molar-refractivity contribution in [2.24, 2.45) is 0 Å². The lowest BCUT2D eigenvalue weighted by Crippen LogP contribution is -2.03. The Kier molecular flexibility index (Phi) is 3.23. The van der Waals surface area contributed by atoms with E-state index in [9.17, 15) is 0 Å². The van der Waals surface area contributed by atoms with Crippen LogP contribution < -0.4 is 0 Å². The van der Waals surface area contributed by atoms with Gasteiger partial charge < -0.3 is 4.74 Å². The van der Waals surface area contributed by atoms with Crippen molar-refractivity contribution in [2.45, 2.75) is 33.5 Å². The number of hydrogen-bond donors (Lipinski definition) is 0. The van der Waals surface area contributed by atoms with Crippen LogP contribution in [0.1, 0.15) is 25.1 Å². The van der Waals surface area contributed by atoms with E-state index >= 15 is 0 Å². The smallest absolute Gasteiger partial charge is 0.0891 e. The first-order chi connectivity index (χ1) is 5.68. The van der Waals surface area contributed by atoms with Gasteiger partial charge in [-0.2, -0.15) is 0 Å². The summed E-state index contributed by atoms with van der Waals surface area (Å²) in [7, 11) is 0. The van der Waals surface area contributed by atoms with Crippen molar-refractivity contribution in [3.8, 4) is 0 Å². The quantitative estimate of drug-likeness (QED) is 0.685. The fraction of sp³-hybridized carbons (Fsp3) is 0.500. The molecule has 66 valence electrons. The zero-order valence-electron chi connectivity index (χ0n) is 7.87. The normalized spacial score (nSPS) is 10.7. The molecule has 2 nitrogen and oxygen atoms in total. The van der Waals surface area contributed by atoms with Gasteiger partial charge in [-0.25, -0.2) is 0 Å². The van der Waals surface area contributed by atoms with E-state index in [1.54, 1.807) is 0 Å². The minimum Gasteiger partial charge on any atom is -0.373 e. The highest BCUT2D eigenvalue weighted by molar-refractivity contribution is 5.13. The number of aromatic nitrogens is 1. The summed E-state index contributed by atoms with van der Waals surface area (Å²) < 4.78 is 5.42.